The number of aliphatic hydroxyl groups is 1. The summed E-state index contributed by atoms with van der Waals surface area (Å²) in [5, 5.41) is 26.1. The van der Waals surface area contributed by atoms with Crippen LogP contribution in [0.25, 0.3) is 4.96 Å². The Morgan fingerprint density at radius 1 is 1.45 bits per heavy atom. The Kier molecular flexibility index (Phi) is 3.97. The standard InChI is InChI=1S/C13H11ClN4O3S/c14-9-3-1-8(2-4-9)10(7-19)15-11-12(18(20)21)17-5-6-22-13(17)16-11/h1-6,10,15,19H,7H2. The Balaban J connectivity index is 1.96. The predicted molar refractivity (Wildman–Crippen MR) is 84.6 cm³/mol. The molecule has 3 rings (SSSR count). The molecule has 2 aromatic heterocycles. The van der Waals surface area contributed by atoms with Crippen LogP contribution >= 0.6 is 22.9 Å². The molecular formula is C13H11ClN4O3S. The lowest BCUT2D eigenvalue weighted by Gasteiger charge is -2.16. The molecule has 1 unspecified atom stereocenters. The maximum absolute atomic E-state index is 11.3. The number of aromatic nitrogens is 2. The monoisotopic (exact) mass is 338 g/mol. The van der Waals surface area contributed by atoms with E-state index in [0.717, 1.165) is 5.56 Å². The number of benzene rings is 1. The first-order valence-corrected chi connectivity index (χ1v) is 7.58. The van der Waals surface area contributed by atoms with E-state index in [2.05, 4.69) is 10.3 Å². The molecule has 0 radical (unpaired) electrons. The van der Waals surface area contributed by atoms with Crippen molar-refractivity contribution in [2.24, 2.45) is 0 Å². The number of rotatable bonds is 5. The quantitative estimate of drug-likeness (QED) is 0.551. The van der Waals surface area contributed by atoms with Gasteiger partial charge >= 0.3 is 5.82 Å². The summed E-state index contributed by atoms with van der Waals surface area (Å²) in [6, 6.07) is 6.38. The molecule has 22 heavy (non-hydrogen) atoms. The van der Waals surface area contributed by atoms with E-state index in [4.69, 9.17) is 11.6 Å². The van der Waals surface area contributed by atoms with Crippen LogP contribution in [0.1, 0.15) is 11.6 Å². The Hall–Kier alpha value is -2.16. The Morgan fingerprint density at radius 2 is 2.18 bits per heavy atom. The van der Waals surface area contributed by atoms with Gasteiger partial charge in [-0.05, 0) is 22.6 Å². The third-order valence-electron chi connectivity index (χ3n) is 3.18. The average molecular weight is 339 g/mol. The molecule has 114 valence electrons. The van der Waals surface area contributed by atoms with Gasteiger partial charge in [0.15, 0.2) is 0 Å². The molecule has 3 aromatic rings. The van der Waals surface area contributed by atoms with Crippen LogP contribution in [0.5, 0.6) is 0 Å². The summed E-state index contributed by atoms with van der Waals surface area (Å²) in [6.07, 6.45) is 1.59. The van der Waals surface area contributed by atoms with Gasteiger partial charge in [-0.2, -0.15) is 9.38 Å². The molecule has 0 bridgehead atoms. The fraction of sp³-hybridized carbons (Fsp3) is 0.154. The summed E-state index contributed by atoms with van der Waals surface area (Å²) in [7, 11) is 0. The van der Waals surface area contributed by atoms with E-state index in [1.54, 1.807) is 35.8 Å². The molecule has 0 aliphatic rings. The first kappa shape index (κ1) is 14.8. The number of nitro groups is 1. The molecule has 0 fully saturated rings. The molecule has 1 atom stereocenters. The lowest BCUT2D eigenvalue weighted by molar-refractivity contribution is -0.389. The van der Waals surface area contributed by atoms with Crippen molar-refractivity contribution in [1.29, 1.82) is 0 Å². The molecule has 0 saturated heterocycles. The number of hydrogen-bond acceptors (Lipinski definition) is 6. The van der Waals surface area contributed by atoms with Gasteiger partial charge < -0.3 is 20.5 Å². The highest BCUT2D eigenvalue weighted by Crippen LogP contribution is 2.31. The lowest BCUT2D eigenvalue weighted by Crippen LogP contribution is -2.16. The van der Waals surface area contributed by atoms with Gasteiger partial charge in [-0.15, -0.1) is 0 Å². The van der Waals surface area contributed by atoms with E-state index < -0.39 is 11.0 Å². The predicted octanol–water partition coefficient (Wildman–Crippen LogP) is 3.10. The second-order valence-electron chi connectivity index (χ2n) is 4.53. The third-order valence-corrected chi connectivity index (χ3v) is 4.18. The van der Waals surface area contributed by atoms with Gasteiger partial charge in [-0.3, -0.25) is 0 Å². The highest BCUT2D eigenvalue weighted by atomic mass is 35.5. The van der Waals surface area contributed by atoms with Gasteiger partial charge in [-0.25, -0.2) is 0 Å². The molecule has 0 saturated carbocycles. The highest BCUT2D eigenvalue weighted by Gasteiger charge is 2.25. The fourth-order valence-electron chi connectivity index (χ4n) is 2.14. The second-order valence-corrected chi connectivity index (χ2v) is 5.84. The van der Waals surface area contributed by atoms with Crippen LogP contribution in [0.4, 0.5) is 11.6 Å². The average Bonchev–Trinajstić information content (AvgIpc) is 3.05. The van der Waals surface area contributed by atoms with Crippen LogP contribution in [-0.4, -0.2) is 26.0 Å². The maximum Gasteiger partial charge on any atom is 0.372 e. The maximum atomic E-state index is 11.3. The third kappa shape index (κ3) is 2.63. The summed E-state index contributed by atoms with van der Waals surface area (Å²) in [5.41, 5.74) is 0.762. The molecule has 0 amide bonds. The highest BCUT2D eigenvalue weighted by molar-refractivity contribution is 7.15. The van der Waals surface area contributed by atoms with Crippen molar-refractivity contribution in [1.82, 2.24) is 9.38 Å². The molecule has 0 spiro atoms. The van der Waals surface area contributed by atoms with Gasteiger partial charge in [0, 0.05) is 10.4 Å². The zero-order chi connectivity index (χ0) is 15.7. The Morgan fingerprint density at radius 3 is 2.82 bits per heavy atom. The first-order chi connectivity index (χ1) is 10.6. The summed E-state index contributed by atoms with van der Waals surface area (Å²) >= 11 is 7.14. The van der Waals surface area contributed by atoms with Crippen molar-refractivity contribution in [3.63, 3.8) is 0 Å². The topological polar surface area (TPSA) is 92.7 Å². The van der Waals surface area contributed by atoms with E-state index in [1.807, 2.05) is 0 Å². The van der Waals surface area contributed by atoms with Crippen LogP contribution in [0.15, 0.2) is 35.8 Å². The molecule has 9 heteroatoms. The minimum atomic E-state index is -0.513. The molecule has 1 aromatic carbocycles. The zero-order valence-electron chi connectivity index (χ0n) is 11.1. The van der Waals surface area contributed by atoms with Gasteiger partial charge in [0.05, 0.1) is 12.6 Å². The fourth-order valence-corrected chi connectivity index (χ4v) is 2.97. The number of fused-ring (bicyclic) bond motifs is 1. The van der Waals surface area contributed by atoms with Crippen LogP contribution in [0.3, 0.4) is 0 Å². The molecule has 0 aliphatic heterocycles. The molecule has 2 N–H and O–H groups in total. The number of nitrogens with one attached hydrogen (secondary N) is 1. The number of anilines is 1. The van der Waals surface area contributed by atoms with Crippen LogP contribution in [0, 0.1) is 10.1 Å². The van der Waals surface area contributed by atoms with E-state index >= 15 is 0 Å². The number of hydrogen-bond donors (Lipinski definition) is 2. The van der Waals surface area contributed by atoms with Crippen molar-refractivity contribution >= 4 is 39.5 Å². The molecule has 7 nitrogen and oxygen atoms in total. The van der Waals surface area contributed by atoms with E-state index in [0.29, 0.717) is 9.98 Å². The summed E-state index contributed by atoms with van der Waals surface area (Å²) in [6.45, 7) is -0.232. The first-order valence-electron chi connectivity index (χ1n) is 6.33. The van der Waals surface area contributed by atoms with E-state index in [1.165, 1.54) is 15.7 Å². The number of nitrogens with zero attached hydrogens (tertiary/aromatic N) is 3. The molecular weight excluding hydrogens is 328 g/mol. The Bertz CT molecular complexity index is 814. The van der Waals surface area contributed by atoms with Crippen LogP contribution in [-0.2, 0) is 0 Å². The molecule has 0 aliphatic carbocycles. The van der Waals surface area contributed by atoms with Crippen LogP contribution in [0.2, 0.25) is 5.02 Å². The smallest absolute Gasteiger partial charge is 0.372 e. The summed E-state index contributed by atoms with van der Waals surface area (Å²) in [5.74, 6) is -0.0190. The largest absolute Gasteiger partial charge is 0.394 e. The van der Waals surface area contributed by atoms with Crippen molar-refractivity contribution in [2.75, 3.05) is 11.9 Å². The van der Waals surface area contributed by atoms with Crippen molar-refractivity contribution < 1.29 is 10.0 Å². The minimum absolute atomic E-state index is 0.130. The minimum Gasteiger partial charge on any atom is -0.394 e. The van der Waals surface area contributed by atoms with Gasteiger partial charge in [0.25, 0.3) is 4.96 Å². The summed E-state index contributed by atoms with van der Waals surface area (Å²) < 4.78 is 1.41. The van der Waals surface area contributed by atoms with Crippen LogP contribution < -0.4 is 5.32 Å². The molecule has 2 heterocycles. The van der Waals surface area contributed by atoms with Crippen molar-refractivity contribution in [3.05, 3.63) is 56.5 Å². The summed E-state index contributed by atoms with van der Waals surface area (Å²) in [4.78, 5) is 15.5. The van der Waals surface area contributed by atoms with Gasteiger partial charge in [0.2, 0.25) is 5.82 Å². The Labute approximate surface area is 133 Å². The van der Waals surface area contributed by atoms with Gasteiger partial charge in [-0.1, -0.05) is 35.1 Å². The lowest BCUT2D eigenvalue weighted by atomic mass is 10.1. The zero-order valence-corrected chi connectivity index (χ0v) is 12.7. The number of aliphatic hydroxyl groups excluding tert-OH is 1. The SMILES string of the molecule is O=[N+]([O-])c1c(NC(CO)c2ccc(Cl)cc2)nc2sccn12. The number of halogens is 1. The van der Waals surface area contributed by atoms with Crippen molar-refractivity contribution in [3.8, 4) is 0 Å². The second kappa shape index (κ2) is 5.91. The number of thiazole rings is 1. The van der Waals surface area contributed by atoms with Crippen molar-refractivity contribution in [2.45, 2.75) is 6.04 Å². The normalized spacial score (nSPS) is 12.5. The van der Waals surface area contributed by atoms with E-state index in [9.17, 15) is 15.2 Å². The van der Waals surface area contributed by atoms with E-state index in [-0.39, 0.29) is 18.2 Å². The van der Waals surface area contributed by atoms with Gasteiger partial charge in [0.1, 0.15) is 6.20 Å². The number of imidazole rings is 1.